The van der Waals surface area contributed by atoms with Crippen molar-refractivity contribution in [3.8, 4) is 0 Å². The summed E-state index contributed by atoms with van der Waals surface area (Å²) in [6, 6.07) is 6.68. The maximum Gasteiger partial charge on any atom is 0.0583 e. The third-order valence-electron chi connectivity index (χ3n) is 3.69. The van der Waals surface area contributed by atoms with E-state index in [2.05, 4.69) is 32.0 Å². The molecule has 1 saturated carbocycles. The van der Waals surface area contributed by atoms with Crippen molar-refractivity contribution in [2.75, 3.05) is 0 Å². The number of aliphatic hydroxyl groups excluding tert-OH is 1. The smallest absolute Gasteiger partial charge is 0.0583 e. The number of rotatable bonds is 3. The monoisotopic (exact) mass is 252 g/mol. The molecule has 0 bridgehead atoms. The molecule has 1 aromatic carbocycles. The SMILES string of the molecule is Cc1cc(C)cc(CCC2CC(Cl)CC2O)c1. The Balaban J connectivity index is 1.93. The van der Waals surface area contributed by atoms with Crippen molar-refractivity contribution in [3.63, 3.8) is 0 Å². The fourth-order valence-corrected chi connectivity index (χ4v) is 3.32. The van der Waals surface area contributed by atoms with Gasteiger partial charge in [0.2, 0.25) is 0 Å². The van der Waals surface area contributed by atoms with Crippen molar-refractivity contribution < 1.29 is 5.11 Å². The van der Waals surface area contributed by atoms with E-state index >= 15 is 0 Å². The summed E-state index contributed by atoms with van der Waals surface area (Å²) in [7, 11) is 0. The largest absolute Gasteiger partial charge is 0.393 e. The van der Waals surface area contributed by atoms with Crippen LogP contribution in [0.25, 0.3) is 0 Å². The van der Waals surface area contributed by atoms with Gasteiger partial charge in [-0.3, -0.25) is 0 Å². The summed E-state index contributed by atoms with van der Waals surface area (Å²) >= 11 is 6.07. The van der Waals surface area contributed by atoms with Gasteiger partial charge in [0.05, 0.1) is 6.10 Å². The van der Waals surface area contributed by atoms with Crippen LogP contribution in [0.1, 0.15) is 36.0 Å². The first-order chi connectivity index (χ1) is 8.04. The quantitative estimate of drug-likeness (QED) is 0.815. The molecule has 0 aromatic heterocycles. The van der Waals surface area contributed by atoms with E-state index in [1.165, 1.54) is 16.7 Å². The molecule has 0 spiro atoms. The predicted octanol–water partition coefficient (Wildman–Crippen LogP) is 3.61. The fourth-order valence-electron chi connectivity index (χ4n) is 2.91. The van der Waals surface area contributed by atoms with Gasteiger partial charge in [-0.25, -0.2) is 0 Å². The zero-order valence-corrected chi connectivity index (χ0v) is 11.4. The molecule has 3 atom stereocenters. The molecule has 0 radical (unpaired) electrons. The molecule has 1 N–H and O–H groups in total. The number of aryl methyl sites for hydroxylation is 3. The Bertz CT molecular complexity index is 368. The molecule has 3 unspecified atom stereocenters. The molecule has 0 amide bonds. The summed E-state index contributed by atoms with van der Waals surface area (Å²) in [5.74, 6) is 0.387. The lowest BCUT2D eigenvalue weighted by atomic mass is 9.95. The average molecular weight is 253 g/mol. The second kappa shape index (κ2) is 5.41. The van der Waals surface area contributed by atoms with Crippen LogP contribution in [0, 0.1) is 19.8 Å². The number of benzene rings is 1. The number of hydrogen-bond acceptors (Lipinski definition) is 1. The standard InChI is InChI=1S/C15H21ClO/c1-10-5-11(2)7-12(6-10)3-4-13-8-14(16)9-15(13)17/h5-7,13-15,17H,3-4,8-9H2,1-2H3. The molecule has 1 nitrogen and oxygen atoms in total. The van der Waals surface area contributed by atoms with E-state index in [-0.39, 0.29) is 11.5 Å². The highest BCUT2D eigenvalue weighted by molar-refractivity contribution is 6.20. The van der Waals surface area contributed by atoms with Crippen molar-refractivity contribution in [1.82, 2.24) is 0 Å². The Hall–Kier alpha value is -0.530. The van der Waals surface area contributed by atoms with E-state index < -0.39 is 0 Å². The van der Waals surface area contributed by atoms with Crippen LogP contribution in [-0.2, 0) is 6.42 Å². The normalized spacial score (nSPS) is 28.6. The van der Waals surface area contributed by atoms with Gasteiger partial charge in [0.1, 0.15) is 0 Å². The zero-order chi connectivity index (χ0) is 12.4. The minimum absolute atomic E-state index is 0.175. The molecule has 0 heterocycles. The second-order valence-electron chi connectivity index (χ2n) is 5.43. The highest BCUT2D eigenvalue weighted by Crippen LogP contribution is 2.33. The Labute approximate surface area is 109 Å². The van der Waals surface area contributed by atoms with Crippen LogP contribution in [0.3, 0.4) is 0 Å². The van der Waals surface area contributed by atoms with Crippen LogP contribution in [0.15, 0.2) is 18.2 Å². The van der Waals surface area contributed by atoms with Gasteiger partial charge in [-0.15, -0.1) is 11.6 Å². The predicted molar refractivity (Wildman–Crippen MR) is 72.6 cm³/mol. The summed E-state index contributed by atoms with van der Waals surface area (Å²) in [6.45, 7) is 4.27. The number of alkyl halides is 1. The van der Waals surface area contributed by atoms with Gasteiger partial charge in [0, 0.05) is 5.38 Å². The maximum absolute atomic E-state index is 9.86. The zero-order valence-electron chi connectivity index (χ0n) is 10.6. The number of hydrogen-bond donors (Lipinski definition) is 1. The first kappa shape index (κ1) is 12.9. The van der Waals surface area contributed by atoms with Crippen molar-refractivity contribution in [2.45, 2.75) is 51.0 Å². The fraction of sp³-hybridized carbons (Fsp3) is 0.600. The van der Waals surface area contributed by atoms with E-state index in [9.17, 15) is 5.11 Å². The molecule has 1 aliphatic carbocycles. The van der Waals surface area contributed by atoms with E-state index in [0.717, 1.165) is 25.7 Å². The van der Waals surface area contributed by atoms with Gasteiger partial charge in [-0.1, -0.05) is 29.3 Å². The molecule has 17 heavy (non-hydrogen) atoms. The van der Waals surface area contributed by atoms with Gasteiger partial charge in [-0.2, -0.15) is 0 Å². The molecule has 1 aliphatic rings. The van der Waals surface area contributed by atoms with Crippen LogP contribution >= 0.6 is 11.6 Å². The number of halogens is 1. The van der Waals surface area contributed by atoms with Crippen LogP contribution in [0.4, 0.5) is 0 Å². The number of aliphatic hydroxyl groups is 1. The minimum Gasteiger partial charge on any atom is -0.393 e. The third kappa shape index (κ3) is 3.46. The van der Waals surface area contributed by atoms with Crippen molar-refractivity contribution in [2.24, 2.45) is 5.92 Å². The highest BCUT2D eigenvalue weighted by Gasteiger charge is 2.31. The second-order valence-corrected chi connectivity index (χ2v) is 6.05. The van der Waals surface area contributed by atoms with E-state index in [0.29, 0.717) is 5.92 Å². The Morgan fingerprint density at radius 3 is 2.35 bits per heavy atom. The molecular formula is C15H21ClO. The first-order valence-corrected chi connectivity index (χ1v) is 6.87. The Morgan fingerprint density at radius 1 is 1.18 bits per heavy atom. The molecule has 1 aromatic rings. The summed E-state index contributed by atoms with van der Waals surface area (Å²) in [6.07, 6.45) is 3.64. The lowest BCUT2D eigenvalue weighted by Crippen LogP contribution is -2.13. The van der Waals surface area contributed by atoms with Crippen LogP contribution < -0.4 is 0 Å². The van der Waals surface area contributed by atoms with E-state index in [1.807, 2.05) is 0 Å². The third-order valence-corrected chi connectivity index (χ3v) is 4.04. The van der Waals surface area contributed by atoms with Crippen LogP contribution in [0.2, 0.25) is 0 Å². The molecular weight excluding hydrogens is 232 g/mol. The molecule has 2 rings (SSSR count). The van der Waals surface area contributed by atoms with E-state index in [1.54, 1.807) is 0 Å². The molecule has 0 saturated heterocycles. The van der Waals surface area contributed by atoms with Gasteiger partial charge in [0.15, 0.2) is 0 Å². The molecule has 1 fully saturated rings. The summed E-state index contributed by atoms with van der Waals surface area (Å²) in [5, 5.41) is 10.0. The van der Waals surface area contributed by atoms with Crippen molar-refractivity contribution in [3.05, 3.63) is 34.9 Å². The summed E-state index contributed by atoms with van der Waals surface area (Å²) in [5.41, 5.74) is 4.03. The van der Waals surface area contributed by atoms with Gasteiger partial charge >= 0.3 is 0 Å². The van der Waals surface area contributed by atoms with Crippen molar-refractivity contribution in [1.29, 1.82) is 0 Å². The molecule has 0 aliphatic heterocycles. The minimum atomic E-state index is -0.191. The van der Waals surface area contributed by atoms with E-state index in [4.69, 9.17) is 11.6 Å². The summed E-state index contributed by atoms with van der Waals surface area (Å²) < 4.78 is 0. The molecule has 94 valence electrons. The van der Waals surface area contributed by atoms with Crippen LogP contribution in [-0.4, -0.2) is 16.6 Å². The Morgan fingerprint density at radius 2 is 1.82 bits per heavy atom. The highest BCUT2D eigenvalue weighted by atomic mass is 35.5. The van der Waals surface area contributed by atoms with Gasteiger partial charge in [0.25, 0.3) is 0 Å². The Kier molecular flexibility index (Phi) is 4.11. The summed E-state index contributed by atoms with van der Waals surface area (Å²) in [4.78, 5) is 0. The van der Waals surface area contributed by atoms with Gasteiger partial charge < -0.3 is 5.11 Å². The maximum atomic E-state index is 9.86. The lowest BCUT2D eigenvalue weighted by Gasteiger charge is -2.14. The lowest BCUT2D eigenvalue weighted by molar-refractivity contribution is 0.128. The van der Waals surface area contributed by atoms with Gasteiger partial charge in [-0.05, 0) is 51.0 Å². The van der Waals surface area contributed by atoms with Crippen molar-refractivity contribution >= 4 is 11.6 Å². The topological polar surface area (TPSA) is 20.2 Å². The van der Waals surface area contributed by atoms with Crippen LogP contribution in [0.5, 0.6) is 0 Å². The molecule has 2 heteroatoms. The average Bonchev–Trinajstić information content (AvgIpc) is 2.53. The first-order valence-electron chi connectivity index (χ1n) is 6.44.